The number of ether oxygens (including phenoxy) is 2. The van der Waals surface area contributed by atoms with Gasteiger partial charge in [-0.1, -0.05) is 31.2 Å². The van der Waals surface area contributed by atoms with E-state index in [1.54, 1.807) is 0 Å². The Bertz CT molecular complexity index is 366. The van der Waals surface area contributed by atoms with Crippen LogP contribution in [-0.4, -0.2) is 25.4 Å². The average molecular weight is 265 g/mol. The third kappa shape index (κ3) is 5.31. The molecule has 2 unspecified atom stereocenters. The zero-order chi connectivity index (χ0) is 14.3. The lowest BCUT2D eigenvalue weighted by atomic mass is 9.97. The first-order valence-electron chi connectivity index (χ1n) is 7.10. The van der Waals surface area contributed by atoms with Gasteiger partial charge in [-0.2, -0.15) is 0 Å². The van der Waals surface area contributed by atoms with Crippen molar-refractivity contribution in [3.8, 4) is 0 Å². The summed E-state index contributed by atoms with van der Waals surface area (Å²) in [6.07, 6.45) is 1.08. The van der Waals surface area contributed by atoms with Crippen LogP contribution in [0.2, 0.25) is 0 Å². The van der Waals surface area contributed by atoms with Crippen LogP contribution in [0.3, 0.4) is 0 Å². The number of hydrogen-bond acceptors (Lipinski definition) is 3. The Balaban J connectivity index is 2.65. The quantitative estimate of drug-likeness (QED) is 0.734. The molecule has 2 N–H and O–H groups in total. The van der Waals surface area contributed by atoms with Gasteiger partial charge in [0.2, 0.25) is 0 Å². The van der Waals surface area contributed by atoms with Gasteiger partial charge in [-0.15, -0.1) is 0 Å². The molecule has 0 fully saturated rings. The molecule has 1 rings (SSSR count). The van der Waals surface area contributed by atoms with E-state index < -0.39 is 0 Å². The van der Waals surface area contributed by atoms with E-state index in [2.05, 4.69) is 26.0 Å². The molecule has 0 saturated carbocycles. The summed E-state index contributed by atoms with van der Waals surface area (Å²) < 4.78 is 11.5. The minimum absolute atomic E-state index is 0.0140. The predicted molar refractivity (Wildman–Crippen MR) is 79.2 cm³/mol. The Kier molecular flexibility index (Phi) is 7.06. The van der Waals surface area contributed by atoms with Gasteiger partial charge in [0.25, 0.3) is 0 Å². The SMILES string of the molecule is CCC(N)C(OCCOC(C)C)c1ccccc1C. The van der Waals surface area contributed by atoms with Gasteiger partial charge in [0.1, 0.15) is 0 Å². The zero-order valence-corrected chi connectivity index (χ0v) is 12.6. The Morgan fingerprint density at radius 3 is 2.32 bits per heavy atom. The van der Waals surface area contributed by atoms with Crippen LogP contribution in [0.4, 0.5) is 0 Å². The largest absolute Gasteiger partial charge is 0.376 e. The highest BCUT2D eigenvalue weighted by atomic mass is 16.5. The van der Waals surface area contributed by atoms with E-state index >= 15 is 0 Å². The third-order valence-electron chi connectivity index (χ3n) is 3.19. The molecule has 3 heteroatoms. The van der Waals surface area contributed by atoms with Crippen LogP contribution in [0, 0.1) is 6.92 Å². The van der Waals surface area contributed by atoms with Crippen molar-refractivity contribution in [1.29, 1.82) is 0 Å². The second-order valence-electron chi connectivity index (χ2n) is 5.14. The summed E-state index contributed by atoms with van der Waals surface area (Å²) in [5.41, 5.74) is 8.60. The molecule has 0 aliphatic carbocycles. The lowest BCUT2D eigenvalue weighted by Gasteiger charge is -2.25. The fraction of sp³-hybridized carbons (Fsp3) is 0.625. The van der Waals surface area contributed by atoms with Crippen LogP contribution in [-0.2, 0) is 9.47 Å². The van der Waals surface area contributed by atoms with Gasteiger partial charge in [-0.25, -0.2) is 0 Å². The molecule has 0 saturated heterocycles. The molecule has 0 radical (unpaired) electrons. The summed E-state index contributed by atoms with van der Waals surface area (Å²) >= 11 is 0. The van der Waals surface area contributed by atoms with E-state index in [0.29, 0.717) is 13.2 Å². The van der Waals surface area contributed by atoms with Crippen molar-refractivity contribution in [3.05, 3.63) is 35.4 Å². The van der Waals surface area contributed by atoms with E-state index in [9.17, 15) is 0 Å². The highest BCUT2D eigenvalue weighted by Gasteiger charge is 2.20. The minimum Gasteiger partial charge on any atom is -0.376 e. The van der Waals surface area contributed by atoms with Crippen LogP contribution in [0.5, 0.6) is 0 Å². The van der Waals surface area contributed by atoms with Crippen molar-refractivity contribution in [2.24, 2.45) is 5.73 Å². The molecule has 0 aliphatic heterocycles. The second kappa shape index (κ2) is 8.31. The fourth-order valence-corrected chi connectivity index (χ4v) is 2.02. The maximum atomic E-state index is 6.19. The highest BCUT2D eigenvalue weighted by Crippen LogP contribution is 2.24. The van der Waals surface area contributed by atoms with Crippen molar-refractivity contribution < 1.29 is 9.47 Å². The average Bonchev–Trinajstić information content (AvgIpc) is 2.39. The molecule has 0 bridgehead atoms. The van der Waals surface area contributed by atoms with Gasteiger partial charge in [0, 0.05) is 6.04 Å². The van der Waals surface area contributed by atoms with Gasteiger partial charge < -0.3 is 15.2 Å². The number of rotatable bonds is 8. The molecular weight excluding hydrogens is 238 g/mol. The molecule has 108 valence electrons. The second-order valence-corrected chi connectivity index (χ2v) is 5.14. The summed E-state index contributed by atoms with van der Waals surface area (Å²) in [6.45, 7) is 9.41. The summed E-state index contributed by atoms with van der Waals surface area (Å²) in [7, 11) is 0. The topological polar surface area (TPSA) is 44.5 Å². The molecule has 2 atom stereocenters. The van der Waals surface area contributed by atoms with Crippen molar-refractivity contribution in [1.82, 2.24) is 0 Å². The molecular formula is C16H27NO2. The van der Waals surface area contributed by atoms with Crippen molar-refractivity contribution in [2.75, 3.05) is 13.2 Å². The van der Waals surface area contributed by atoms with Gasteiger partial charge in [0.05, 0.1) is 25.4 Å². The Morgan fingerprint density at radius 2 is 1.74 bits per heavy atom. The first kappa shape index (κ1) is 16.2. The predicted octanol–water partition coefficient (Wildman–Crippen LogP) is 3.22. The summed E-state index contributed by atoms with van der Waals surface area (Å²) in [5.74, 6) is 0. The maximum absolute atomic E-state index is 6.19. The first-order chi connectivity index (χ1) is 9.06. The molecule has 0 aromatic heterocycles. The minimum atomic E-state index is -0.0537. The van der Waals surface area contributed by atoms with E-state index in [1.165, 1.54) is 11.1 Å². The molecule has 0 amide bonds. The van der Waals surface area contributed by atoms with Gasteiger partial charge >= 0.3 is 0 Å². The van der Waals surface area contributed by atoms with E-state index in [1.807, 2.05) is 26.0 Å². The summed E-state index contributed by atoms with van der Waals surface area (Å²) in [6, 6.07) is 8.28. The third-order valence-corrected chi connectivity index (χ3v) is 3.19. The van der Waals surface area contributed by atoms with Gasteiger partial charge in [-0.3, -0.25) is 0 Å². The van der Waals surface area contributed by atoms with Crippen LogP contribution in [0.25, 0.3) is 0 Å². The zero-order valence-electron chi connectivity index (χ0n) is 12.6. The van der Waals surface area contributed by atoms with Crippen LogP contribution >= 0.6 is 0 Å². The van der Waals surface area contributed by atoms with Crippen molar-refractivity contribution in [3.63, 3.8) is 0 Å². The normalized spacial score (nSPS) is 14.6. The van der Waals surface area contributed by atoms with E-state index in [-0.39, 0.29) is 18.2 Å². The molecule has 19 heavy (non-hydrogen) atoms. The monoisotopic (exact) mass is 265 g/mol. The van der Waals surface area contributed by atoms with Crippen molar-refractivity contribution >= 4 is 0 Å². The lowest BCUT2D eigenvalue weighted by Crippen LogP contribution is -2.31. The maximum Gasteiger partial charge on any atom is 0.0979 e. The summed E-state index contributed by atoms with van der Waals surface area (Å²) in [4.78, 5) is 0. The fourth-order valence-electron chi connectivity index (χ4n) is 2.02. The number of nitrogens with two attached hydrogens (primary N) is 1. The molecule has 1 aromatic rings. The number of hydrogen-bond donors (Lipinski definition) is 1. The Hall–Kier alpha value is -0.900. The van der Waals surface area contributed by atoms with Crippen molar-refractivity contribution in [2.45, 2.75) is 52.4 Å². The van der Waals surface area contributed by atoms with Crippen LogP contribution in [0.1, 0.15) is 44.4 Å². The van der Waals surface area contributed by atoms with E-state index in [0.717, 1.165) is 6.42 Å². The molecule has 0 spiro atoms. The standard InChI is InChI=1S/C16H27NO2/c1-5-15(17)16(19-11-10-18-12(2)3)14-9-7-6-8-13(14)4/h6-9,12,15-16H,5,10-11,17H2,1-4H3. The molecule has 0 heterocycles. The van der Waals surface area contributed by atoms with E-state index in [4.69, 9.17) is 15.2 Å². The molecule has 3 nitrogen and oxygen atoms in total. The lowest BCUT2D eigenvalue weighted by molar-refractivity contribution is -0.0226. The Labute approximate surface area is 117 Å². The summed E-state index contributed by atoms with van der Waals surface area (Å²) in [5, 5.41) is 0. The number of benzene rings is 1. The highest BCUT2D eigenvalue weighted by molar-refractivity contribution is 5.28. The smallest absolute Gasteiger partial charge is 0.0979 e. The van der Waals surface area contributed by atoms with Crippen LogP contribution < -0.4 is 5.73 Å². The Morgan fingerprint density at radius 1 is 1.11 bits per heavy atom. The van der Waals surface area contributed by atoms with Crippen LogP contribution in [0.15, 0.2) is 24.3 Å². The number of aryl methyl sites for hydroxylation is 1. The van der Waals surface area contributed by atoms with Gasteiger partial charge in [-0.05, 0) is 38.3 Å². The molecule has 0 aliphatic rings. The molecule has 1 aromatic carbocycles. The van der Waals surface area contributed by atoms with Gasteiger partial charge in [0.15, 0.2) is 0 Å². The first-order valence-corrected chi connectivity index (χ1v) is 7.10.